The lowest BCUT2D eigenvalue weighted by Gasteiger charge is -2.33. The van der Waals surface area contributed by atoms with E-state index in [1.54, 1.807) is 0 Å². The highest BCUT2D eigenvalue weighted by atomic mass is 16.5. The second-order valence-electron chi connectivity index (χ2n) is 4.44. The Balaban J connectivity index is 2.33. The topological polar surface area (TPSA) is 53.0 Å². The zero-order valence-corrected chi connectivity index (χ0v) is 10.2. The van der Waals surface area contributed by atoms with Crippen LogP contribution in [0.1, 0.15) is 12.8 Å². The fraction of sp³-hybridized carbons (Fsp3) is 0.909. The lowest BCUT2D eigenvalue weighted by molar-refractivity contribution is -0.149. The van der Waals surface area contributed by atoms with E-state index in [9.17, 15) is 4.79 Å². The second-order valence-corrected chi connectivity index (χ2v) is 4.44. The number of aliphatic hydroxyl groups excluding tert-OH is 1. The summed E-state index contributed by atoms with van der Waals surface area (Å²) in [4.78, 5) is 15.5. The molecule has 0 radical (unpaired) electrons. The van der Waals surface area contributed by atoms with Crippen molar-refractivity contribution in [3.05, 3.63) is 0 Å². The molecular weight excluding hydrogens is 208 g/mol. The molecule has 1 atom stereocenters. The lowest BCUT2D eigenvalue weighted by Crippen LogP contribution is -2.48. The SMILES string of the molecule is CN(C)CCN1CC(CCCO)OCC1=O. The summed E-state index contributed by atoms with van der Waals surface area (Å²) < 4.78 is 5.41. The average molecular weight is 230 g/mol. The van der Waals surface area contributed by atoms with Crippen molar-refractivity contribution in [2.75, 3.05) is 46.9 Å². The number of carbonyl (C=O) groups excluding carboxylic acids is 1. The van der Waals surface area contributed by atoms with E-state index in [1.807, 2.05) is 19.0 Å². The third-order valence-electron chi connectivity index (χ3n) is 2.72. The third-order valence-corrected chi connectivity index (χ3v) is 2.72. The minimum atomic E-state index is 0.0714. The summed E-state index contributed by atoms with van der Waals surface area (Å²) in [5.74, 6) is 0.0714. The van der Waals surface area contributed by atoms with Crippen LogP contribution in [0, 0.1) is 0 Å². The van der Waals surface area contributed by atoms with Gasteiger partial charge in [0.05, 0.1) is 6.10 Å². The van der Waals surface area contributed by atoms with Gasteiger partial charge in [-0.25, -0.2) is 0 Å². The van der Waals surface area contributed by atoms with Crippen LogP contribution in [0.2, 0.25) is 0 Å². The summed E-state index contributed by atoms with van der Waals surface area (Å²) >= 11 is 0. The first-order chi connectivity index (χ1) is 7.63. The van der Waals surface area contributed by atoms with Gasteiger partial charge < -0.3 is 19.6 Å². The molecule has 0 bridgehead atoms. The van der Waals surface area contributed by atoms with Crippen LogP contribution in [0.3, 0.4) is 0 Å². The van der Waals surface area contributed by atoms with Crippen molar-refractivity contribution in [1.82, 2.24) is 9.80 Å². The van der Waals surface area contributed by atoms with Crippen molar-refractivity contribution in [3.8, 4) is 0 Å². The van der Waals surface area contributed by atoms with Crippen LogP contribution in [-0.4, -0.2) is 73.9 Å². The van der Waals surface area contributed by atoms with Gasteiger partial charge in [0.15, 0.2) is 0 Å². The van der Waals surface area contributed by atoms with Crippen molar-refractivity contribution in [3.63, 3.8) is 0 Å². The Kier molecular flexibility index (Phi) is 5.73. The summed E-state index contributed by atoms with van der Waals surface area (Å²) in [5.41, 5.74) is 0. The number of hydrogen-bond donors (Lipinski definition) is 1. The Morgan fingerprint density at radius 1 is 1.56 bits per heavy atom. The molecular formula is C11H22N2O3. The summed E-state index contributed by atoms with van der Waals surface area (Å²) in [6, 6.07) is 0. The summed E-state index contributed by atoms with van der Waals surface area (Å²) in [6.45, 7) is 2.66. The molecule has 0 aliphatic carbocycles. The van der Waals surface area contributed by atoms with Gasteiger partial charge in [0.25, 0.3) is 0 Å². The molecule has 0 aromatic rings. The molecule has 1 fully saturated rings. The lowest BCUT2D eigenvalue weighted by atomic mass is 10.1. The molecule has 1 aliphatic rings. The van der Waals surface area contributed by atoms with Crippen molar-refractivity contribution >= 4 is 5.91 Å². The van der Waals surface area contributed by atoms with E-state index in [0.29, 0.717) is 6.54 Å². The first-order valence-corrected chi connectivity index (χ1v) is 5.78. The molecule has 1 aliphatic heterocycles. The molecule has 5 nitrogen and oxygen atoms in total. The van der Waals surface area contributed by atoms with Crippen molar-refractivity contribution in [2.24, 2.45) is 0 Å². The Bertz CT molecular complexity index is 221. The minimum absolute atomic E-state index is 0.0714. The second kappa shape index (κ2) is 6.83. The maximum absolute atomic E-state index is 11.6. The van der Waals surface area contributed by atoms with Gasteiger partial charge in [-0.05, 0) is 26.9 Å². The Hall–Kier alpha value is -0.650. The van der Waals surface area contributed by atoms with Crippen LogP contribution in [0.4, 0.5) is 0 Å². The van der Waals surface area contributed by atoms with E-state index >= 15 is 0 Å². The highest BCUT2D eigenvalue weighted by Gasteiger charge is 2.25. The van der Waals surface area contributed by atoms with Gasteiger partial charge >= 0.3 is 0 Å². The van der Waals surface area contributed by atoms with Crippen molar-refractivity contribution in [1.29, 1.82) is 0 Å². The molecule has 0 aromatic carbocycles. The molecule has 1 amide bonds. The number of carbonyl (C=O) groups is 1. The Labute approximate surface area is 97.0 Å². The first kappa shape index (κ1) is 13.4. The zero-order chi connectivity index (χ0) is 12.0. The quantitative estimate of drug-likeness (QED) is 0.671. The van der Waals surface area contributed by atoms with Gasteiger partial charge in [0.2, 0.25) is 5.91 Å². The van der Waals surface area contributed by atoms with Crippen LogP contribution < -0.4 is 0 Å². The Morgan fingerprint density at radius 3 is 2.94 bits per heavy atom. The number of morpholine rings is 1. The number of nitrogens with zero attached hydrogens (tertiary/aromatic N) is 2. The molecule has 1 rings (SSSR count). The number of ether oxygens (including phenoxy) is 1. The van der Waals surface area contributed by atoms with Crippen LogP contribution in [-0.2, 0) is 9.53 Å². The number of aliphatic hydroxyl groups is 1. The standard InChI is InChI=1S/C11H22N2O3/c1-12(2)5-6-13-8-10(4-3-7-14)16-9-11(13)15/h10,14H,3-9H2,1-2H3. The van der Waals surface area contributed by atoms with Gasteiger partial charge in [0, 0.05) is 26.2 Å². The molecule has 1 N–H and O–H groups in total. The number of rotatable bonds is 6. The highest BCUT2D eigenvalue weighted by molar-refractivity contribution is 5.78. The molecule has 1 saturated heterocycles. The monoisotopic (exact) mass is 230 g/mol. The van der Waals surface area contributed by atoms with E-state index < -0.39 is 0 Å². The molecule has 0 spiro atoms. The Morgan fingerprint density at radius 2 is 2.31 bits per heavy atom. The first-order valence-electron chi connectivity index (χ1n) is 5.78. The fourth-order valence-corrected chi connectivity index (χ4v) is 1.71. The number of hydrogen-bond acceptors (Lipinski definition) is 4. The van der Waals surface area contributed by atoms with E-state index in [2.05, 4.69) is 4.90 Å². The normalized spacial score (nSPS) is 21.9. The van der Waals surface area contributed by atoms with Crippen LogP contribution in [0.25, 0.3) is 0 Å². The molecule has 1 unspecified atom stereocenters. The average Bonchev–Trinajstić information content (AvgIpc) is 2.26. The summed E-state index contributed by atoms with van der Waals surface area (Å²) in [6.07, 6.45) is 1.65. The van der Waals surface area contributed by atoms with E-state index in [0.717, 1.165) is 25.9 Å². The van der Waals surface area contributed by atoms with Crippen molar-refractivity contribution < 1.29 is 14.6 Å². The maximum atomic E-state index is 11.6. The molecule has 1 heterocycles. The minimum Gasteiger partial charge on any atom is -0.396 e. The highest BCUT2D eigenvalue weighted by Crippen LogP contribution is 2.11. The molecule has 94 valence electrons. The number of amides is 1. The molecule has 0 aromatic heterocycles. The zero-order valence-electron chi connectivity index (χ0n) is 10.2. The van der Waals surface area contributed by atoms with Crippen molar-refractivity contribution in [2.45, 2.75) is 18.9 Å². The van der Waals surface area contributed by atoms with Gasteiger partial charge in [0.1, 0.15) is 6.61 Å². The van der Waals surface area contributed by atoms with Crippen LogP contribution in [0.15, 0.2) is 0 Å². The van der Waals surface area contributed by atoms with Crippen LogP contribution in [0.5, 0.6) is 0 Å². The molecule has 16 heavy (non-hydrogen) atoms. The summed E-state index contributed by atoms with van der Waals surface area (Å²) in [5, 5.41) is 8.75. The predicted molar refractivity (Wildman–Crippen MR) is 61.2 cm³/mol. The molecule has 0 saturated carbocycles. The van der Waals surface area contributed by atoms with E-state index in [4.69, 9.17) is 9.84 Å². The van der Waals surface area contributed by atoms with Gasteiger partial charge in [-0.3, -0.25) is 4.79 Å². The van der Waals surface area contributed by atoms with Gasteiger partial charge in [-0.2, -0.15) is 0 Å². The largest absolute Gasteiger partial charge is 0.396 e. The smallest absolute Gasteiger partial charge is 0.248 e. The third kappa shape index (κ3) is 4.47. The number of likely N-dealkylation sites (N-methyl/N-ethyl adjacent to an activating group) is 1. The predicted octanol–water partition coefficient (Wildman–Crippen LogP) is -0.452. The van der Waals surface area contributed by atoms with E-state index in [-0.39, 0.29) is 25.2 Å². The maximum Gasteiger partial charge on any atom is 0.248 e. The van der Waals surface area contributed by atoms with Crippen LogP contribution >= 0.6 is 0 Å². The van der Waals surface area contributed by atoms with Gasteiger partial charge in [-0.1, -0.05) is 0 Å². The molecule has 5 heteroatoms. The van der Waals surface area contributed by atoms with Gasteiger partial charge in [-0.15, -0.1) is 0 Å². The van der Waals surface area contributed by atoms with E-state index in [1.165, 1.54) is 0 Å². The summed E-state index contributed by atoms with van der Waals surface area (Å²) in [7, 11) is 3.99. The fourth-order valence-electron chi connectivity index (χ4n) is 1.71.